The largest absolute Gasteiger partial charge is 0.368 e. The van der Waals surface area contributed by atoms with Gasteiger partial charge >= 0.3 is 0 Å². The summed E-state index contributed by atoms with van der Waals surface area (Å²) >= 11 is 0. The summed E-state index contributed by atoms with van der Waals surface area (Å²) < 4.78 is 1.82. The summed E-state index contributed by atoms with van der Waals surface area (Å²) in [5.41, 5.74) is 6.80. The lowest BCUT2D eigenvalue weighted by atomic mass is 10.0. The van der Waals surface area contributed by atoms with Gasteiger partial charge in [-0.25, -0.2) is 9.50 Å². The minimum Gasteiger partial charge on any atom is -0.368 e. The van der Waals surface area contributed by atoms with Gasteiger partial charge in [-0.2, -0.15) is 5.10 Å². The van der Waals surface area contributed by atoms with E-state index in [1.165, 1.54) is 11.3 Å². The van der Waals surface area contributed by atoms with Crippen LogP contribution >= 0.6 is 0 Å². The molecule has 162 valence electrons. The molecule has 1 aliphatic rings. The molecule has 0 spiro atoms. The highest BCUT2D eigenvalue weighted by Crippen LogP contribution is 2.22. The number of para-hydroxylation sites is 1. The minimum atomic E-state index is 0.00909. The number of anilines is 1. The lowest BCUT2D eigenvalue weighted by Gasteiger charge is -2.36. The van der Waals surface area contributed by atoms with Gasteiger partial charge in [-0.15, -0.1) is 0 Å². The van der Waals surface area contributed by atoms with Gasteiger partial charge < -0.3 is 9.80 Å². The third-order valence-corrected chi connectivity index (χ3v) is 6.35. The number of hydrogen-bond acceptors (Lipinski definition) is 4. The molecule has 6 heteroatoms. The van der Waals surface area contributed by atoms with E-state index in [9.17, 15) is 4.79 Å². The number of rotatable bonds is 4. The van der Waals surface area contributed by atoms with Gasteiger partial charge in [-0.1, -0.05) is 48.5 Å². The van der Waals surface area contributed by atoms with E-state index in [4.69, 9.17) is 4.98 Å². The number of fused-ring (bicyclic) bond motifs is 1. The molecule has 1 saturated heterocycles. The fraction of sp³-hybridized carbons (Fsp3) is 0.269. The fourth-order valence-electron chi connectivity index (χ4n) is 4.49. The van der Waals surface area contributed by atoms with Crippen LogP contribution < -0.4 is 4.90 Å². The van der Waals surface area contributed by atoms with Gasteiger partial charge in [0.25, 0.3) is 5.91 Å². The van der Waals surface area contributed by atoms with Crippen LogP contribution in [0, 0.1) is 13.8 Å². The Morgan fingerprint density at radius 3 is 2.25 bits per heavy atom. The Bertz CT molecular complexity index is 1240. The normalized spacial score (nSPS) is 14.2. The first-order valence-electron chi connectivity index (χ1n) is 11.1. The Morgan fingerprint density at radius 1 is 0.906 bits per heavy atom. The molecule has 6 nitrogen and oxygen atoms in total. The average molecular weight is 426 g/mol. The molecule has 2 aromatic heterocycles. The maximum Gasteiger partial charge on any atom is 0.259 e. The van der Waals surface area contributed by atoms with Crippen LogP contribution in [0.5, 0.6) is 0 Å². The SMILES string of the molecule is Cc1nc2c(C(=O)N3CCN(c4ccccc4)CC3)cnn2c(C)c1Cc1ccccc1. The Morgan fingerprint density at radius 2 is 1.56 bits per heavy atom. The fourth-order valence-corrected chi connectivity index (χ4v) is 4.49. The number of amides is 1. The molecule has 2 aromatic carbocycles. The van der Waals surface area contributed by atoms with Crippen molar-refractivity contribution in [1.29, 1.82) is 0 Å². The van der Waals surface area contributed by atoms with Crippen LogP contribution in [0.4, 0.5) is 5.69 Å². The average Bonchev–Trinajstić information content (AvgIpc) is 3.26. The zero-order valence-electron chi connectivity index (χ0n) is 18.5. The van der Waals surface area contributed by atoms with Crippen molar-refractivity contribution < 1.29 is 4.79 Å². The molecule has 4 aromatic rings. The molecule has 0 radical (unpaired) electrons. The molecule has 0 aliphatic carbocycles. The zero-order chi connectivity index (χ0) is 22.1. The summed E-state index contributed by atoms with van der Waals surface area (Å²) in [5.74, 6) is 0.00909. The summed E-state index contributed by atoms with van der Waals surface area (Å²) in [4.78, 5) is 22.4. The standard InChI is InChI=1S/C26H27N5O/c1-19-23(17-21-9-5-3-6-10-21)20(2)31-25(28-19)24(18-27-31)26(32)30-15-13-29(14-16-30)22-11-7-4-8-12-22/h3-12,18H,13-17H2,1-2H3. The van der Waals surface area contributed by atoms with Gasteiger partial charge in [-0.05, 0) is 37.1 Å². The van der Waals surface area contributed by atoms with E-state index in [-0.39, 0.29) is 5.91 Å². The van der Waals surface area contributed by atoms with E-state index < -0.39 is 0 Å². The monoisotopic (exact) mass is 425 g/mol. The third kappa shape index (κ3) is 3.73. The van der Waals surface area contributed by atoms with E-state index >= 15 is 0 Å². The van der Waals surface area contributed by atoms with E-state index in [0.29, 0.717) is 24.3 Å². The second-order valence-electron chi connectivity index (χ2n) is 8.33. The minimum absolute atomic E-state index is 0.00909. The molecule has 5 rings (SSSR count). The number of nitrogens with zero attached hydrogens (tertiary/aromatic N) is 5. The molecule has 0 saturated carbocycles. The highest BCUT2D eigenvalue weighted by atomic mass is 16.2. The number of aryl methyl sites for hydroxylation is 2. The second kappa shape index (κ2) is 8.46. The van der Waals surface area contributed by atoms with Gasteiger partial charge in [0.2, 0.25) is 0 Å². The van der Waals surface area contributed by atoms with Crippen LogP contribution in [0.1, 0.15) is 32.9 Å². The summed E-state index contributed by atoms with van der Waals surface area (Å²) in [5, 5.41) is 4.54. The molecule has 0 atom stereocenters. The number of carbonyl (C=O) groups excluding carboxylic acids is 1. The topological polar surface area (TPSA) is 53.7 Å². The molecule has 0 N–H and O–H groups in total. The van der Waals surface area contributed by atoms with E-state index in [2.05, 4.69) is 41.2 Å². The van der Waals surface area contributed by atoms with Gasteiger partial charge in [0.15, 0.2) is 5.65 Å². The number of aromatic nitrogens is 3. The van der Waals surface area contributed by atoms with Crippen LogP contribution in [0.3, 0.4) is 0 Å². The van der Waals surface area contributed by atoms with Crippen molar-refractivity contribution in [3.05, 3.63) is 94.9 Å². The molecular weight excluding hydrogens is 398 g/mol. The lowest BCUT2D eigenvalue weighted by Crippen LogP contribution is -2.48. The summed E-state index contributed by atoms with van der Waals surface area (Å²) in [6, 6.07) is 20.7. The van der Waals surface area contributed by atoms with Crippen molar-refractivity contribution in [3.63, 3.8) is 0 Å². The maximum absolute atomic E-state index is 13.3. The molecule has 1 fully saturated rings. The zero-order valence-corrected chi connectivity index (χ0v) is 18.5. The smallest absolute Gasteiger partial charge is 0.259 e. The van der Waals surface area contributed by atoms with Crippen LogP contribution in [0.2, 0.25) is 0 Å². The van der Waals surface area contributed by atoms with Crippen molar-refractivity contribution in [3.8, 4) is 0 Å². The number of carbonyl (C=O) groups is 1. The molecule has 32 heavy (non-hydrogen) atoms. The highest BCUT2D eigenvalue weighted by Gasteiger charge is 2.26. The van der Waals surface area contributed by atoms with Crippen molar-refractivity contribution in [1.82, 2.24) is 19.5 Å². The number of hydrogen-bond donors (Lipinski definition) is 0. The van der Waals surface area contributed by atoms with Crippen LogP contribution in [0.15, 0.2) is 66.9 Å². The van der Waals surface area contributed by atoms with Gasteiger partial charge in [0, 0.05) is 49.7 Å². The summed E-state index contributed by atoms with van der Waals surface area (Å²) in [6.07, 6.45) is 2.47. The molecule has 1 aliphatic heterocycles. The molecule has 0 bridgehead atoms. The van der Waals surface area contributed by atoms with E-state index in [1.807, 2.05) is 52.7 Å². The first-order chi connectivity index (χ1) is 15.6. The quantitative estimate of drug-likeness (QED) is 0.498. The second-order valence-corrected chi connectivity index (χ2v) is 8.33. The molecule has 0 unspecified atom stereocenters. The first-order valence-corrected chi connectivity index (χ1v) is 11.1. The van der Waals surface area contributed by atoms with Crippen molar-refractivity contribution in [2.24, 2.45) is 0 Å². The highest BCUT2D eigenvalue weighted by molar-refractivity contribution is 5.99. The van der Waals surface area contributed by atoms with Crippen LogP contribution in [-0.2, 0) is 6.42 Å². The van der Waals surface area contributed by atoms with E-state index in [0.717, 1.165) is 36.5 Å². The van der Waals surface area contributed by atoms with Crippen LogP contribution in [-0.4, -0.2) is 51.6 Å². The van der Waals surface area contributed by atoms with Crippen molar-refractivity contribution in [2.75, 3.05) is 31.1 Å². The Balaban J connectivity index is 1.37. The summed E-state index contributed by atoms with van der Waals surface area (Å²) in [6.45, 7) is 7.10. The van der Waals surface area contributed by atoms with Crippen molar-refractivity contribution in [2.45, 2.75) is 20.3 Å². The Kier molecular flexibility index (Phi) is 5.35. The third-order valence-electron chi connectivity index (χ3n) is 6.35. The van der Waals surface area contributed by atoms with Gasteiger partial charge in [0.05, 0.1) is 6.20 Å². The van der Waals surface area contributed by atoms with Gasteiger partial charge in [0.1, 0.15) is 5.56 Å². The number of benzene rings is 2. The Labute approximate surface area is 188 Å². The Hall–Kier alpha value is -3.67. The van der Waals surface area contributed by atoms with E-state index in [1.54, 1.807) is 6.20 Å². The van der Waals surface area contributed by atoms with Gasteiger partial charge in [-0.3, -0.25) is 4.79 Å². The predicted octanol–water partition coefficient (Wildman–Crippen LogP) is 3.90. The van der Waals surface area contributed by atoms with Crippen molar-refractivity contribution >= 4 is 17.2 Å². The van der Waals surface area contributed by atoms with Crippen LogP contribution in [0.25, 0.3) is 5.65 Å². The molecule has 3 heterocycles. The number of piperazine rings is 1. The lowest BCUT2D eigenvalue weighted by molar-refractivity contribution is 0.0748. The summed E-state index contributed by atoms with van der Waals surface area (Å²) in [7, 11) is 0. The first kappa shape index (κ1) is 20.2. The maximum atomic E-state index is 13.3. The molecule has 1 amide bonds. The predicted molar refractivity (Wildman–Crippen MR) is 126 cm³/mol. The molecular formula is C26H27N5O.